The molecule has 88 valence electrons. The minimum Gasteiger partial charge on any atom is -0.506 e. The van der Waals surface area contributed by atoms with Crippen LogP contribution in [0.4, 0.5) is 0 Å². The monoisotopic (exact) mass is 251 g/mol. The van der Waals surface area contributed by atoms with Gasteiger partial charge in [0, 0.05) is 18.0 Å². The number of benzene rings is 1. The minimum absolute atomic E-state index is 0.0267. The Kier molecular flexibility index (Phi) is 5.11. The van der Waals surface area contributed by atoms with Crippen LogP contribution in [0.25, 0.3) is 10.4 Å². The number of azide groups is 1. The molecule has 0 aliphatic carbocycles. The summed E-state index contributed by atoms with van der Waals surface area (Å²) in [5, 5.41) is 24.7. The molecule has 1 unspecified atom stereocenters. The lowest BCUT2D eigenvalue weighted by atomic mass is 10.1. The van der Waals surface area contributed by atoms with E-state index < -0.39 is 6.04 Å². The van der Waals surface area contributed by atoms with Gasteiger partial charge in [-0.05, 0) is 23.2 Å². The molecule has 2 N–H and O–H groups in total. The maximum atomic E-state index is 9.25. The van der Waals surface area contributed by atoms with Crippen molar-refractivity contribution < 1.29 is 5.11 Å². The van der Waals surface area contributed by atoms with Gasteiger partial charge < -0.3 is 5.11 Å². The number of hydrogen-bond acceptors (Lipinski definition) is 4. The summed E-state index contributed by atoms with van der Waals surface area (Å²) in [5.41, 5.74) is 8.74. The number of phenols is 1. The minimum atomic E-state index is -0.554. The average molecular weight is 252 g/mol. The summed E-state index contributed by atoms with van der Waals surface area (Å²) in [5.74, 6) is -0.0267. The second-order valence-electron chi connectivity index (χ2n) is 3.18. The fraction of sp³-hybridized carbons (Fsp3) is 0.300. The first-order chi connectivity index (χ1) is 8.19. The Bertz CT molecular complexity index is 478. The summed E-state index contributed by atoms with van der Waals surface area (Å²) < 4.78 is 0. The molecule has 0 saturated heterocycles. The van der Waals surface area contributed by atoms with Crippen molar-refractivity contribution in [2.75, 3.05) is 13.1 Å². The average Bonchev–Trinajstić information content (AvgIpc) is 2.33. The van der Waals surface area contributed by atoms with Crippen LogP contribution in [-0.4, -0.2) is 18.2 Å². The molecule has 17 heavy (non-hydrogen) atoms. The second-order valence-corrected chi connectivity index (χ2v) is 3.59. The van der Waals surface area contributed by atoms with Gasteiger partial charge in [-0.3, -0.25) is 5.32 Å². The third-order valence-electron chi connectivity index (χ3n) is 2.06. The van der Waals surface area contributed by atoms with Gasteiger partial charge in [0.05, 0.1) is 11.1 Å². The molecule has 0 bridgehead atoms. The zero-order valence-electron chi connectivity index (χ0n) is 8.84. The van der Waals surface area contributed by atoms with E-state index in [1.807, 2.05) is 0 Å². The Morgan fingerprint density at radius 2 is 2.41 bits per heavy atom. The van der Waals surface area contributed by atoms with E-state index in [9.17, 15) is 5.11 Å². The third kappa shape index (κ3) is 3.85. The molecule has 7 heteroatoms. The highest BCUT2D eigenvalue weighted by Crippen LogP contribution is 2.26. The maximum absolute atomic E-state index is 9.25. The first kappa shape index (κ1) is 13.1. The molecule has 0 aliphatic heterocycles. The third-order valence-corrected chi connectivity index (χ3v) is 2.36. The highest BCUT2D eigenvalue weighted by molar-refractivity contribution is 6.32. The highest BCUT2D eigenvalue weighted by atomic mass is 35.5. The van der Waals surface area contributed by atoms with Crippen LogP contribution in [0, 0.1) is 11.3 Å². The van der Waals surface area contributed by atoms with Crippen molar-refractivity contribution in [2.24, 2.45) is 5.11 Å². The summed E-state index contributed by atoms with van der Waals surface area (Å²) in [6.45, 7) is 0.654. The van der Waals surface area contributed by atoms with Crippen molar-refractivity contribution in [1.82, 2.24) is 5.32 Å². The number of nitrogens with one attached hydrogen (secondary N) is 1. The van der Waals surface area contributed by atoms with Gasteiger partial charge in [-0.2, -0.15) is 5.26 Å². The van der Waals surface area contributed by atoms with Crippen molar-refractivity contribution in [3.63, 3.8) is 0 Å². The molecule has 0 amide bonds. The topological polar surface area (TPSA) is 105 Å². The van der Waals surface area contributed by atoms with E-state index in [4.69, 9.17) is 22.4 Å². The molecule has 1 rings (SSSR count). The summed E-state index contributed by atoms with van der Waals surface area (Å²) in [6.07, 6.45) is 0. The fourth-order valence-corrected chi connectivity index (χ4v) is 1.43. The molecular weight excluding hydrogens is 242 g/mol. The maximum Gasteiger partial charge on any atom is 0.134 e. The van der Waals surface area contributed by atoms with Crippen LogP contribution in [0.2, 0.25) is 5.02 Å². The van der Waals surface area contributed by atoms with E-state index in [2.05, 4.69) is 21.4 Å². The van der Waals surface area contributed by atoms with E-state index in [1.165, 1.54) is 12.1 Å². The first-order valence-corrected chi connectivity index (χ1v) is 5.19. The van der Waals surface area contributed by atoms with Gasteiger partial charge >= 0.3 is 0 Å². The van der Waals surface area contributed by atoms with Crippen LogP contribution in [0.3, 0.4) is 0 Å². The zero-order valence-corrected chi connectivity index (χ0v) is 9.59. The largest absolute Gasteiger partial charge is 0.506 e. The van der Waals surface area contributed by atoms with Gasteiger partial charge in [-0.1, -0.05) is 22.8 Å². The fourth-order valence-electron chi connectivity index (χ4n) is 1.24. The predicted octanol–water partition coefficient (Wildman–Crippen LogP) is 2.51. The normalized spacial score (nSPS) is 11.3. The lowest BCUT2D eigenvalue weighted by Gasteiger charge is -2.11. The Balaban J connectivity index is 2.70. The summed E-state index contributed by atoms with van der Waals surface area (Å²) >= 11 is 5.74. The van der Waals surface area contributed by atoms with Crippen LogP contribution >= 0.6 is 11.6 Å². The number of nitriles is 1. The summed E-state index contributed by atoms with van der Waals surface area (Å²) in [7, 11) is 0. The summed E-state index contributed by atoms with van der Waals surface area (Å²) in [6, 6.07) is 6.06. The van der Waals surface area contributed by atoms with Gasteiger partial charge in [0.25, 0.3) is 0 Å². The van der Waals surface area contributed by atoms with Crippen molar-refractivity contribution >= 4 is 11.6 Å². The van der Waals surface area contributed by atoms with E-state index in [0.29, 0.717) is 12.1 Å². The van der Waals surface area contributed by atoms with Crippen LogP contribution in [-0.2, 0) is 0 Å². The molecule has 0 heterocycles. The van der Waals surface area contributed by atoms with Gasteiger partial charge in [0.1, 0.15) is 11.8 Å². The van der Waals surface area contributed by atoms with Crippen LogP contribution in [0.1, 0.15) is 11.6 Å². The van der Waals surface area contributed by atoms with E-state index in [1.54, 1.807) is 6.07 Å². The number of rotatable bonds is 5. The first-order valence-electron chi connectivity index (χ1n) is 4.81. The summed E-state index contributed by atoms with van der Waals surface area (Å²) in [4.78, 5) is 2.60. The molecule has 1 atom stereocenters. The van der Waals surface area contributed by atoms with E-state index in [0.717, 1.165) is 0 Å². The molecule has 0 saturated carbocycles. The smallest absolute Gasteiger partial charge is 0.134 e. The Morgan fingerprint density at radius 3 is 3.00 bits per heavy atom. The molecule has 0 fully saturated rings. The van der Waals surface area contributed by atoms with Crippen LogP contribution in [0.5, 0.6) is 5.75 Å². The Morgan fingerprint density at radius 1 is 1.65 bits per heavy atom. The van der Waals surface area contributed by atoms with E-state index in [-0.39, 0.29) is 17.3 Å². The van der Waals surface area contributed by atoms with Gasteiger partial charge in [-0.15, -0.1) is 0 Å². The quantitative estimate of drug-likeness (QED) is 0.363. The standard InChI is InChI=1S/C10H10ClN5O/c11-8-5-7(1-2-10(8)17)9(6-12)14-3-4-15-16-13/h1-2,5,9,14,17H,3-4H2. The SMILES string of the molecule is N#CC(NCCN=[N+]=[N-])c1ccc(O)c(Cl)c1. The van der Waals surface area contributed by atoms with Crippen molar-refractivity contribution in [3.05, 3.63) is 39.2 Å². The highest BCUT2D eigenvalue weighted by Gasteiger charge is 2.10. The molecule has 0 aliphatic rings. The zero-order chi connectivity index (χ0) is 12.7. The molecule has 1 aromatic rings. The molecule has 6 nitrogen and oxygen atoms in total. The predicted molar refractivity (Wildman–Crippen MR) is 63.5 cm³/mol. The second kappa shape index (κ2) is 6.61. The molecular formula is C10H10ClN5O. The lowest BCUT2D eigenvalue weighted by Crippen LogP contribution is -2.22. The molecule has 1 aromatic carbocycles. The molecule has 0 aromatic heterocycles. The number of halogens is 1. The number of phenolic OH excluding ortho intramolecular Hbond substituents is 1. The van der Waals surface area contributed by atoms with Crippen molar-refractivity contribution in [1.29, 1.82) is 5.26 Å². The lowest BCUT2D eigenvalue weighted by molar-refractivity contribution is 0.475. The van der Waals surface area contributed by atoms with Gasteiger partial charge in [-0.25, -0.2) is 0 Å². The van der Waals surface area contributed by atoms with Crippen molar-refractivity contribution in [3.8, 4) is 11.8 Å². The Hall–Kier alpha value is -1.93. The van der Waals surface area contributed by atoms with Crippen LogP contribution < -0.4 is 5.32 Å². The number of aromatic hydroxyl groups is 1. The van der Waals surface area contributed by atoms with E-state index >= 15 is 0 Å². The number of nitrogens with zero attached hydrogens (tertiary/aromatic N) is 4. The number of hydrogen-bond donors (Lipinski definition) is 2. The van der Waals surface area contributed by atoms with Crippen molar-refractivity contribution in [2.45, 2.75) is 6.04 Å². The Labute approximate surface area is 103 Å². The molecule has 0 radical (unpaired) electrons. The van der Waals surface area contributed by atoms with Crippen LogP contribution in [0.15, 0.2) is 23.3 Å². The van der Waals surface area contributed by atoms with Gasteiger partial charge in [0.15, 0.2) is 0 Å². The van der Waals surface area contributed by atoms with Gasteiger partial charge in [0.2, 0.25) is 0 Å². The molecule has 0 spiro atoms.